The Balaban J connectivity index is 1.90. The topological polar surface area (TPSA) is 139 Å². The molecular formula is C18H22N2O6S. The monoisotopic (exact) mass is 394 g/mol. The molecule has 1 saturated heterocycles. The maximum absolute atomic E-state index is 10.3. The van der Waals surface area contributed by atoms with E-state index in [1.807, 2.05) is 13.0 Å². The number of hydrogen-bond donors (Lipinski definition) is 5. The molecule has 2 aliphatic rings. The van der Waals surface area contributed by atoms with Crippen LogP contribution in [0.25, 0.3) is 0 Å². The summed E-state index contributed by atoms with van der Waals surface area (Å²) in [5.41, 5.74) is 0.298. The van der Waals surface area contributed by atoms with Crippen molar-refractivity contribution >= 4 is 11.8 Å². The van der Waals surface area contributed by atoms with Gasteiger partial charge in [-0.15, -0.1) is 0 Å². The summed E-state index contributed by atoms with van der Waals surface area (Å²) in [6, 6.07) is 5.71. The van der Waals surface area contributed by atoms with Gasteiger partial charge in [0.05, 0.1) is 35.5 Å². The lowest BCUT2D eigenvalue weighted by atomic mass is 9.94. The number of furan rings is 1. The molecule has 3 heterocycles. The van der Waals surface area contributed by atoms with E-state index in [0.29, 0.717) is 22.8 Å². The van der Waals surface area contributed by atoms with Gasteiger partial charge in [-0.1, -0.05) is 18.7 Å². The summed E-state index contributed by atoms with van der Waals surface area (Å²) in [7, 11) is 0. The van der Waals surface area contributed by atoms with E-state index in [9.17, 15) is 25.7 Å². The number of rotatable bonds is 5. The van der Waals surface area contributed by atoms with E-state index in [4.69, 9.17) is 9.15 Å². The standard InChI is InChI=1S/C18H22N2O6S/c1-2-9-6-10(12-4-3-5-25-12)11(7-19)17(20-9)27-18-16(24)15(23)14(22)13(8-21)26-18/h3-6,10,13-16,18,20-24H,2,8H2,1H3/t10?,13-,14-,15+,16-,18+/m1/s1. The molecule has 1 unspecified atom stereocenters. The lowest BCUT2D eigenvalue weighted by molar-refractivity contribution is -0.205. The molecule has 0 aromatic carbocycles. The minimum Gasteiger partial charge on any atom is -0.468 e. The first-order valence-corrected chi connectivity index (χ1v) is 9.50. The van der Waals surface area contributed by atoms with Gasteiger partial charge in [-0.2, -0.15) is 5.26 Å². The Hall–Kier alpha value is -1.80. The van der Waals surface area contributed by atoms with Gasteiger partial charge in [-0.05, 0) is 24.6 Å². The molecule has 9 heteroatoms. The van der Waals surface area contributed by atoms with Gasteiger partial charge < -0.3 is 34.9 Å². The first-order valence-electron chi connectivity index (χ1n) is 8.62. The van der Waals surface area contributed by atoms with Crippen molar-refractivity contribution in [3.63, 3.8) is 0 Å². The molecule has 0 bridgehead atoms. The Morgan fingerprint density at radius 3 is 2.63 bits per heavy atom. The Labute approximate surface area is 160 Å². The maximum atomic E-state index is 10.3. The summed E-state index contributed by atoms with van der Waals surface area (Å²) in [5, 5.41) is 52.9. The van der Waals surface area contributed by atoms with Crippen LogP contribution in [0.2, 0.25) is 0 Å². The quantitative estimate of drug-likeness (QED) is 0.484. The zero-order chi connectivity index (χ0) is 19.6. The lowest BCUT2D eigenvalue weighted by Gasteiger charge is -2.40. The fourth-order valence-corrected chi connectivity index (χ4v) is 4.29. The van der Waals surface area contributed by atoms with Crippen molar-refractivity contribution in [2.24, 2.45) is 0 Å². The number of aliphatic hydroxyl groups excluding tert-OH is 4. The molecule has 0 spiro atoms. The Kier molecular flexibility index (Phi) is 6.26. The molecule has 0 saturated carbocycles. The molecule has 1 fully saturated rings. The molecule has 6 atom stereocenters. The molecule has 5 N–H and O–H groups in total. The number of hydrogen-bond acceptors (Lipinski definition) is 9. The van der Waals surface area contributed by atoms with Crippen molar-refractivity contribution < 1.29 is 29.6 Å². The van der Waals surface area contributed by atoms with Crippen LogP contribution in [0.5, 0.6) is 0 Å². The average Bonchev–Trinajstić information content (AvgIpc) is 3.22. The molecule has 146 valence electrons. The summed E-state index contributed by atoms with van der Waals surface area (Å²) in [6.07, 6.45) is -1.14. The third-order valence-corrected chi connectivity index (χ3v) is 5.81. The highest BCUT2D eigenvalue weighted by molar-refractivity contribution is 8.03. The third kappa shape index (κ3) is 3.91. The van der Waals surface area contributed by atoms with Crippen molar-refractivity contribution in [1.82, 2.24) is 5.32 Å². The van der Waals surface area contributed by atoms with E-state index in [-0.39, 0.29) is 5.92 Å². The fourth-order valence-electron chi connectivity index (χ4n) is 3.07. The van der Waals surface area contributed by atoms with E-state index in [1.165, 1.54) is 6.26 Å². The molecule has 8 nitrogen and oxygen atoms in total. The summed E-state index contributed by atoms with van der Waals surface area (Å²) in [5.74, 6) is 0.236. The fraction of sp³-hybridized carbons (Fsp3) is 0.500. The van der Waals surface area contributed by atoms with Gasteiger partial charge in [0.2, 0.25) is 0 Å². The average molecular weight is 394 g/mol. The predicted molar refractivity (Wildman–Crippen MR) is 97.0 cm³/mol. The molecule has 1 aromatic heterocycles. The largest absolute Gasteiger partial charge is 0.468 e. The first kappa shape index (κ1) is 19.9. The van der Waals surface area contributed by atoms with Crippen LogP contribution in [0, 0.1) is 11.3 Å². The summed E-state index contributed by atoms with van der Waals surface area (Å²) < 4.78 is 11.0. The van der Waals surface area contributed by atoms with Gasteiger partial charge in [-0.25, -0.2) is 0 Å². The normalized spacial score (nSPS) is 34.0. The number of nitrogens with zero attached hydrogens (tertiary/aromatic N) is 1. The van der Waals surface area contributed by atoms with E-state index in [1.54, 1.807) is 12.1 Å². The van der Waals surface area contributed by atoms with Gasteiger partial charge in [0.15, 0.2) is 0 Å². The highest BCUT2D eigenvalue weighted by Crippen LogP contribution is 2.40. The van der Waals surface area contributed by atoms with Crippen LogP contribution >= 0.6 is 11.8 Å². The number of nitriles is 1. The summed E-state index contributed by atoms with van der Waals surface area (Å²) in [6.45, 7) is 1.46. The number of nitrogens with one attached hydrogen (secondary N) is 1. The van der Waals surface area contributed by atoms with Gasteiger partial charge in [0, 0.05) is 5.70 Å². The van der Waals surface area contributed by atoms with Gasteiger partial charge in [0.1, 0.15) is 35.6 Å². The molecule has 27 heavy (non-hydrogen) atoms. The molecule has 0 aliphatic carbocycles. The van der Waals surface area contributed by atoms with Crippen LogP contribution in [0.1, 0.15) is 25.0 Å². The maximum Gasteiger partial charge on any atom is 0.138 e. The van der Waals surface area contributed by atoms with Crippen LogP contribution < -0.4 is 5.32 Å². The molecule has 3 rings (SSSR count). The van der Waals surface area contributed by atoms with Crippen LogP contribution in [-0.2, 0) is 4.74 Å². The first-order chi connectivity index (χ1) is 13.0. The van der Waals surface area contributed by atoms with Crippen molar-refractivity contribution in [3.8, 4) is 6.07 Å². The lowest BCUT2D eigenvalue weighted by Crippen LogP contribution is -2.57. The van der Waals surface area contributed by atoms with Crippen molar-refractivity contribution in [1.29, 1.82) is 5.26 Å². The smallest absolute Gasteiger partial charge is 0.138 e. The number of thioether (sulfide) groups is 1. The summed E-state index contributed by atoms with van der Waals surface area (Å²) in [4.78, 5) is 0. The van der Waals surface area contributed by atoms with Crippen LogP contribution in [0.3, 0.4) is 0 Å². The second-order valence-electron chi connectivity index (χ2n) is 6.33. The zero-order valence-electron chi connectivity index (χ0n) is 14.6. The van der Waals surface area contributed by atoms with Gasteiger partial charge >= 0.3 is 0 Å². The predicted octanol–water partition coefficient (Wildman–Crippen LogP) is 0.529. The number of ether oxygens (including phenoxy) is 1. The van der Waals surface area contributed by atoms with Crippen LogP contribution in [0.4, 0.5) is 0 Å². The SMILES string of the molecule is CCC1=CC(c2ccco2)C(C#N)=C(S[C@@H]2O[C@H](CO)[C@@H](O)[C@H](O)[C@H]2O)N1. The van der Waals surface area contributed by atoms with Gasteiger partial charge in [0.25, 0.3) is 0 Å². The Bertz CT molecular complexity index is 754. The minimum atomic E-state index is -1.47. The molecule has 0 radical (unpaired) electrons. The molecular weight excluding hydrogens is 372 g/mol. The highest BCUT2D eigenvalue weighted by Gasteiger charge is 2.44. The van der Waals surface area contributed by atoms with E-state index >= 15 is 0 Å². The summed E-state index contributed by atoms with van der Waals surface area (Å²) >= 11 is 1.04. The number of aliphatic hydroxyl groups is 4. The third-order valence-electron chi connectivity index (χ3n) is 4.63. The van der Waals surface area contributed by atoms with Gasteiger partial charge in [-0.3, -0.25) is 0 Å². The van der Waals surface area contributed by atoms with E-state index in [0.717, 1.165) is 17.5 Å². The van der Waals surface area contributed by atoms with Crippen molar-refractivity contribution in [2.75, 3.05) is 6.61 Å². The Morgan fingerprint density at radius 1 is 1.26 bits per heavy atom. The van der Waals surface area contributed by atoms with Crippen LogP contribution in [0.15, 0.2) is 45.2 Å². The van der Waals surface area contributed by atoms with E-state index < -0.39 is 36.5 Å². The molecule has 1 aromatic rings. The Morgan fingerprint density at radius 2 is 2.04 bits per heavy atom. The van der Waals surface area contributed by atoms with E-state index in [2.05, 4.69) is 11.4 Å². The second kappa shape index (κ2) is 8.48. The minimum absolute atomic E-state index is 0.381. The highest BCUT2D eigenvalue weighted by atomic mass is 32.2. The molecule has 0 amide bonds. The van der Waals surface area contributed by atoms with Crippen LogP contribution in [-0.4, -0.2) is 56.9 Å². The number of dihydropyridines is 1. The van der Waals surface area contributed by atoms with Crippen molar-refractivity contribution in [2.45, 2.75) is 49.1 Å². The molecule has 2 aliphatic heterocycles. The van der Waals surface area contributed by atoms with Crippen molar-refractivity contribution in [3.05, 3.63) is 46.5 Å². The number of allylic oxidation sites excluding steroid dienone is 3. The zero-order valence-corrected chi connectivity index (χ0v) is 15.5. The second-order valence-corrected chi connectivity index (χ2v) is 7.44.